The number of rotatable bonds is 6. The lowest BCUT2D eigenvalue weighted by molar-refractivity contribution is -0.116. The van der Waals surface area contributed by atoms with Crippen molar-refractivity contribution in [2.75, 3.05) is 19.0 Å². The minimum atomic E-state index is -0.228. The van der Waals surface area contributed by atoms with Crippen molar-refractivity contribution in [3.63, 3.8) is 0 Å². The molecule has 0 fully saturated rings. The van der Waals surface area contributed by atoms with Gasteiger partial charge in [-0.1, -0.05) is 26.0 Å². The van der Waals surface area contributed by atoms with Crippen molar-refractivity contribution < 1.29 is 14.3 Å². The van der Waals surface area contributed by atoms with Crippen LogP contribution in [0.5, 0.6) is 11.5 Å². The van der Waals surface area contributed by atoms with Crippen molar-refractivity contribution in [1.29, 1.82) is 0 Å². The number of carbonyl (C=O) groups excluding carboxylic acids is 1. The second kappa shape index (κ2) is 7.95. The molecule has 3 aromatic rings. The third-order valence-electron chi connectivity index (χ3n) is 4.86. The smallest absolute Gasteiger partial charge is 0.226 e. The van der Waals surface area contributed by atoms with Crippen LogP contribution >= 0.6 is 0 Å². The highest BCUT2D eigenvalue weighted by atomic mass is 16.5. The quantitative estimate of drug-likeness (QED) is 0.691. The second-order valence-electron chi connectivity index (χ2n) is 7.45. The number of anilines is 1. The molecule has 29 heavy (non-hydrogen) atoms. The Morgan fingerprint density at radius 2 is 2.14 bits per heavy atom. The summed E-state index contributed by atoms with van der Waals surface area (Å²) in [6.07, 6.45) is 5.46. The van der Waals surface area contributed by atoms with Gasteiger partial charge in [-0.2, -0.15) is 0 Å². The van der Waals surface area contributed by atoms with Gasteiger partial charge in [0.25, 0.3) is 0 Å². The van der Waals surface area contributed by atoms with Crippen LogP contribution in [0.2, 0.25) is 0 Å². The average molecular weight is 392 g/mol. The number of hydrogen-bond donors (Lipinski definition) is 1. The van der Waals surface area contributed by atoms with Crippen LogP contribution in [0.25, 0.3) is 5.69 Å². The molecule has 1 N–H and O–H groups in total. The lowest BCUT2D eigenvalue weighted by Crippen LogP contribution is -2.25. The number of imidazole rings is 1. The van der Waals surface area contributed by atoms with Gasteiger partial charge in [-0.25, -0.2) is 4.98 Å². The Bertz CT molecular complexity index is 1010. The van der Waals surface area contributed by atoms with Gasteiger partial charge >= 0.3 is 0 Å². The Balaban J connectivity index is 1.80. The Morgan fingerprint density at radius 1 is 1.28 bits per heavy atom. The molecule has 2 aromatic heterocycles. The molecule has 7 nitrogen and oxygen atoms in total. The summed E-state index contributed by atoms with van der Waals surface area (Å²) in [5.41, 5.74) is 2.54. The molecule has 4 rings (SSSR count). The van der Waals surface area contributed by atoms with E-state index in [2.05, 4.69) is 29.1 Å². The molecule has 1 aliphatic rings. The molecular formula is C22H24N4O3. The van der Waals surface area contributed by atoms with E-state index in [0.717, 1.165) is 16.9 Å². The topological polar surface area (TPSA) is 78.3 Å². The number of amides is 1. The first-order chi connectivity index (χ1) is 14.1. The van der Waals surface area contributed by atoms with Gasteiger partial charge in [-0.05, 0) is 24.1 Å². The van der Waals surface area contributed by atoms with E-state index in [1.807, 2.05) is 34.9 Å². The number of aromatic nitrogens is 3. The monoisotopic (exact) mass is 392 g/mol. The average Bonchev–Trinajstić information content (AvgIpc) is 3.15. The van der Waals surface area contributed by atoms with Gasteiger partial charge in [-0.15, -0.1) is 0 Å². The lowest BCUT2D eigenvalue weighted by atomic mass is 9.89. The molecule has 0 radical (unpaired) electrons. The van der Waals surface area contributed by atoms with Crippen LogP contribution < -0.4 is 14.8 Å². The maximum atomic E-state index is 12.6. The van der Waals surface area contributed by atoms with Crippen molar-refractivity contribution in [3.05, 3.63) is 60.3 Å². The lowest BCUT2D eigenvalue weighted by Gasteiger charge is -2.26. The summed E-state index contributed by atoms with van der Waals surface area (Å²) < 4.78 is 13.5. The molecule has 0 aliphatic carbocycles. The van der Waals surface area contributed by atoms with E-state index in [1.165, 1.54) is 0 Å². The summed E-state index contributed by atoms with van der Waals surface area (Å²) >= 11 is 0. The van der Waals surface area contributed by atoms with Gasteiger partial charge < -0.3 is 14.8 Å². The van der Waals surface area contributed by atoms with Gasteiger partial charge in [0.05, 0.1) is 31.3 Å². The van der Waals surface area contributed by atoms with Crippen LogP contribution in [-0.4, -0.2) is 34.2 Å². The summed E-state index contributed by atoms with van der Waals surface area (Å²) in [7, 11) is 1.62. The number of hydrogen-bond acceptors (Lipinski definition) is 5. The fourth-order valence-corrected chi connectivity index (χ4v) is 3.53. The Kier molecular flexibility index (Phi) is 5.20. The molecule has 150 valence electrons. The van der Waals surface area contributed by atoms with Crippen LogP contribution in [0.4, 0.5) is 5.82 Å². The van der Waals surface area contributed by atoms with Crippen LogP contribution in [0.1, 0.15) is 37.4 Å². The third kappa shape index (κ3) is 3.68. The van der Waals surface area contributed by atoms with E-state index < -0.39 is 0 Å². The molecule has 1 atom stereocenters. The Morgan fingerprint density at radius 3 is 2.86 bits per heavy atom. The maximum absolute atomic E-state index is 12.6. The highest BCUT2D eigenvalue weighted by Gasteiger charge is 2.33. The zero-order valence-corrected chi connectivity index (χ0v) is 16.8. The minimum absolute atomic E-state index is 0.0641. The molecular weight excluding hydrogens is 368 g/mol. The number of ether oxygens (including phenoxy) is 2. The van der Waals surface area contributed by atoms with Gasteiger partial charge in [0.2, 0.25) is 5.91 Å². The molecule has 3 heterocycles. The number of methoxy groups -OCH3 is 1. The summed E-state index contributed by atoms with van der Waals surface area (Å²) in [4.78, 5) is 21.4. The van der Waals surface area contributed by atoms with Crippen LogP contribution in [0.15, 0.2) is 49.1 Å². The summed E-state index contributed by atoms with van der Waals surface area (Å²) in [5.74, 6) is 2.06. The largest absolute Gasteiger partial charge is 0.493 e. The predicted octanol–water partition coefficient (Wildman–Crippen LogP) is 3.78. The van der Waals surface area contributed by atoms with Crippen molar-refractivity contribution in [1.82, 2.24) is 14.5 Å². The SMILES string of the molecule is COc1cccc(C2CC(=O)Nc3c2ncn3-c2cccnc2)c1OCC(C)C. The van der Waals surface area contributed by atoms with Gasteiger partial charge in [0.15, 0.2) is 11.5 Å². The first kappa shape index (κ1) is 19.0. The zero-order valence-electron chi connectivity index (χ0n) is 16.8. The van der Waals surface area contributed by atoms with Crippen molar-refractivity contribution >= 4 is 11.7 Å². The first-order valence-corrected chi connectivity index (χ1v) is 9.65. The number of pyridine rings is 1. The summed E-state index contributed by atoms with van der Waals surface area (Å²) in [5, 5.41) is 2.97. The van der Waals surface area contributed by atoms with Crippen LogP contribution in [0, 0.1) is 5.92 Å². The van der Waals surface area contributed by atoms with Crippen molar-refractivity contribution in [2.45, 2.75) is 26.2 Å². The maximum Gasteiger partial charge on any atom is 0.226 e. The molecule has 0 spiro atoms. The van der Waals surface area contributed by atoms with Crippen LogP contribution in [-0.2, 0) is 4.79 Å². The van der Waals surface area contributed by atoms with Gasteiger partial charge in [0.1, 0.15) is 12.1 Å². The molecule has 0 bridgehead atoms. The summed E-state index contributed by atoms with van der Waals surface area (Å²) in [6.45, 7) is 4.75. The number of nitrogens with one attached hydrogen (secondary N) is 1. The van der Waals surface area contributed by atoms with Gasteiger partial charge in [-0.3, -0.25) is 14.3 Å². The first-order valence-electron chi connectivity index (χ1n) is 9.65. The molecule has 1 amide bonds. The van der Waals surface area contributed by atoms with E-state index >= 15 is 0 Å². The standard InChI is InChI=1S/C22H24N4O3/c1-14(2)12-29-21-16(7-4-8-18(21)28-3)17-10-19(27)25-22-20(17)24-13-26(22)15-6-5-9-23-11-15/h4-9,11,13-14,17H,10,12H2,1-3H3,(H,25,27). The molecule has 1 unspecified atom stereocenters. The van der Waals surface area contributed by atoms with E-state index in [0.29, 0.717) is 36.3 Å². The Hall–Kier alpha value is -3.35. The molecule has 0 saturated carbocycles. The number of carbonyl (C=O) groups is 1. The summed E-state index contributed by atoms with van der Waals surface area (Å²) in [6, 6.07) is 9.55. The minimum Gasteiger partial charge on any atom is -0.493 e. The van der Waals surface area contributed by atoms with Gasteiger partial charge in [0, 0.05) is 24.1 Å². The number of para-hydroxylation sites is 1. The van der Waals surface area contributed by atoms with E-state index in [1.54, 1.807) is 25.8 Å². The third-order valence-corrected chi connectivity index (χ3v) is 4.86. The van der Waals surface area contributed by atoms with E-state index in [-0.39, 0.29) is 11.8 Å². The Labute approximate surface area is 169 Å². The predicted molar refractivity (Wildman–Crippen MR) is 110 cm³/mol. The highest BCUT2D eigenvalue weighted by Crippen LogP contribution is 2.44. The van der Waals surface area contributed by atoms with Crippen molar-refractivity contribution in [2.24, 2.45) is 5.92 Å². The highest BCUT2D eigenvalue weighted by molar-refractivity contribution is 5.94. The zero-order chi connectivity index (χ0) is 20.4. The molecule has 7 heteroatoms. The fourth-order valence-electron chi connectivity index (χ4n) is 3.53. The molecule has 0 saturated heterocycles. The normalized spacial score (nSPS) is 15.7. The number of benzene rings is 1. The molecule has 1 aromatic carbocycles. The van der Waals surface area contributed by atoms with Crippen molar-refractivity contribution in [3.8, 4) is 17.2 Å². The van der Waals surface area contributed by atoms with E-state index in [4.69, 9.17) is 9.47 Å². The van der Waals surface area contributed by atoms with E-state index in [9.17, 15) is 4.79 Å². The fraction of sp³-hybridized carbons (Fsp3) is 0.318. The second-order valence-corrected chi connectivity index (χ2v) is 7.45. The number of nitrogens with zero attached hydrogens (tertiary/aromatic N) is 3. The van der Waals surface area contributed by atoms with Crippen LogP contribution in [0.3, 0.4) is 0 Å². The number of fused-ring (bicyclic) bond motifs is 1. The molecule has 1 aliphatic heterocycles.